The Hall–Kier alpha value is -7.73. The molecule has 1 aromatic carbocycles. The first-order valence-electron chi connectivity index (χ1n) is 16.1. The van der Waals surface area contributed by atoms with Crippen LogP contribution < -0.4 is 43.2 Å². The van der Waals surface area contributed by atoms with E-state index in [0.29, 0.717) is 11.4 Å². The molecule has 3 atom stereocenters. The Labute approximate surface area is 312 Å². The lowest BCUT2D eigenvalue weighted by Gasteiger charge is -2.19. The lowest BCUT2D eigenvalue weighted by molar-refractivity contribution is -0.141. The molecule has 0 aliphatic carbocycles. The van der Waals surface area contributed by atoms with E-state index in [1.54, 1.807) is 0 Å². The number of amides is 5. The summed E-state index contributed by atoms with van der Waals surface area (Å²) in [6.07, 6.45) is -1.65. The molecular weight excluding hydrogens is 750 g/mol. The van der Waals surface area contributed by atoms with Gasteiger partial charge in [-0.1, -0.05) is 0 Å². The van der Waals surface area contributed by atoms with Crippen molar-refractivity contribution in [3.63, 3.8) is 0 Å². The van der Waals surface area contributed by atoms with Crippen molar-refractivity contribution < 1.29 is 63.6 Å². The van der Waals surface area contributed by atoms with Crippen LogP contribution in [-0.4, -0.2) is 125 Å². The van der Waals surface area contributed by atoms with Crippen LogP contribution in [0, 0.1) is 0 Å². The molecule has 0 unspecified atom stereocenters. The second kappa shape index (κ2) is 19.9. The molecule has 0 aliphatic heterocycles. The van der Waals surface area contributed by atoms with Gasteiger partial charge in [-0.25, -0.2) is 14.8 Å². The third-order valence-corrected chi connectivity index (χ3v) is 7.27. The van der Waals surface area contributed by atoms with Crippen molar-refractivity contribution in [1.29, 1.82) is 0 Å². The molecule has 0 saturated carbocycles. The highest BCUT2D eigenvalue weighted by atomic mass is 16.4. The van der Waals surface area contributed by atoms with Gasteiger partial charge in [0, 0.05) is 17.7 Å². The van der Waals surface area contributed by atoms with Gasteiger partial charge in [-0.3, -0.25) is 48.1 Å². The number of nitrogen functional groups attached to an aromatic ring is 1. The van der Waals surface area contributed by atoms with Crippen molar-refractivity contribution in [2.45, 2.75) is 50.4 Å². The first kappa shape index (κ1) is 42.7. The van der Waals surface area contributed by atoms with E-state index < -0.39 is 116 Å². The van der Waals surface area contributed by atoms with Gasteiger partial charge in [0.15, 0.2) is 11.2 Å². The molecule has 56 heavy (non-hydrogen) atoms. The van der Waals surface area contributed by atoms with Crippen molar-refractivity contribution in [1.82, 2.24) is 46.5 Å². The SMILES string of the molecule is Nc1nc2ncc(CNc3ccc(C(=O)N[C@H](CCC(=O)N[C@H](CC(=O)O)C(=O)NCC(=O)N[C@H](CC(=O)O)C(=O)NCC(=O)O)C(=O)O)cc3)nc2c(=O)[nH]1. The van der Waals surface area contributed by atoms with Crippen molar-refractivity contribution in [3.8, 4) is 0 Å². The van der Waals surface area contributed by atoms with E-state index in [4.69, 9.17) is 15.9 Å². The van der Waals surface area contributed by atoms with Gasteiger partial charge < -0.3 is 58.1 Å². The van der Waals surface area contributed by atoms with Crippen LogP contribution in [0.25, 0.3) is 11.2 Å². The predicted molar refractivity (Wildman–Crippen MR) is 186 cm³/mol. The normalized spacial score (nSPS) is 12.2. The summed E-state index contributed by atoms with van der Waals surface area (Å²) in [5.74, 6) is -11.4. The van der Waals surface area contributed by atoms with E-state index in [0.717, 1.165) is 0 Å². The number of rotatable bonds is 21. The summed E-state index contributed by atoms with van der Waals surface area (Å²) >= 11 is 0. The molecule has 2 aromatic heterocycles. The predicted octanol–water partition coefficient (Wildman–Crippen LogP) is -3.89. The monoisotopic (exact) mass is 785 g/mol. The van der Waals surface area contributed by atoms with Gasteiger partial charge >= 0.3 is 23.9 Å². The number of fused-ring (bicyclic) bond motifs is 1. The van der Waals surface area contributed by atoms with E-state index in [2.05, 4.69) is 35.9 Å². The molecule has 25 nitrogen and oxygen atoms in total. The van der Waals surface area contributed by atoms with Crippen LogP contribution >= 0.6 is 0 Å². The molecule has 2 heterocycles. The maximum Gasteiger partial charge on any atom is 0.326 e. The molecule has 0 radical (unpaired) electrons. The lowest BCUT2D eigenvalue weighted by atomic mass is 10.1. The number of carboxylic acid groups (broad SMARTS) is 4. The number of carbonyl (C=O) groups is 9. The summed E-state index contributed by atoms with van der Waals surface area (Å²) in [7, 11) is 0. The van der Waals surface area contributed by atoms with Crippen LogP contribution in [0.3, 0.4) is 0 Å². The van der Waals surface area contributed by atoms with Gasteiger partial charge in [0.2, 0.25) is 29.6 Å². The van der Waals surface area contributed by atoms with Crippen LogP contribution in [0.5, 0.6) is 0 Å². The highest BCUT2D eigenvalue weighted by molar-refractivity contribution is 5.97. The minimum Gasteiger partial charge on any atom is -0.481 e. The van der Waals surface area contributed by atoms with Gasteiger partial charge in [-0.05, 0) is 30.7 Å². The zero-order valence-corrected chi connectivity index (χ0v) is 28.9. The average Bonchev–Trinajstić information content (AvgIpc) is 3.12. The minimum atomic E-state index is -1.78. The summed E-state index contributed by atoms with van der Waals surface area (Å²) in [5, 5.41) is 49.8. The number of carbonyl (C=O) groups excluding carboxylic acids is 5. The van der Waals surface area contributed by atoms with Crippen molar-refractivity contribution in [3.05, 3.63) is 52.1 Å². The average molecular weight is 786 g/mol. The van der Waals surface area contributed by atoms with Crippen LogP contribution in [0.1, 0.15) is 41.7 Å². The van der Waals surface area contributed by atoms with Crippen molar-refractivity contribution in [2.24, 2.45) is 0 Å². The molecule has 3 rings (SSSR count). The molecule has 0 bridgehead atoms. The topological polar surface area (TPSA) is 404 Å². The van der Waals surface area contributed by atoms with Crippen molar-refractivity contribution >= 4 is 76.2 Å². The summed E-state index contributed by atoms with van der Waals surface area (Å²) in [5.41, 5.74) is 5.93. The number of nitrogens with two attached hydrogens (primary N) is 1. The molecule has 13 N–H and O–H groups in total. The number of anilines is 2. The quantitative estimate of drug-likeness (QED) is 0.0491. The highest BCUT2D eigenvalue weighted by Crippen LogP contribution is 2.12. The molecule has 3 aromatic rings. The Balaban J connectivity index is 1.52. The van der Waals surface area contributed by atoms with E-state index >= 15 is 0 Å². The van der Waals surface area contributed by atoms with Crippen LogP contribution in [0.4, 0.5) is 11.6 Å². The molecule has 0 aliphatic rings. The van der Waals surface area contributed by atoms with Crippen LogP contribution in [0.15, 0.2) is 35.3 Å². The largest absolute Gasteiger partial charge is 0.481 e. The van der Waals surface area contributed by atoms with E-state index in [1.807, 2.05) is 16.0 Å². The fourth-order valence-electron chi connectivity index (χ4n) is 4.62. The van der Waals surface area contributed by atoms with E-state index in [-0.39, 0.29) is 29.2 Å². The summed E-state index contributed by atoms with van der Waals surface area (Å²) < 4.78 is 0. The lowest BCUT2D eigenvalue weighted by Crippen LogP contribution is -2.53. The summed E-state index contributed by atoms with van der Waals surface area (Å²) in [6, 6.07) is 0.651. The maximum atomic E-state index is 12.8. The zero-order valence-electron chi connectivity index (χ0n) is 28.9. The Morgan fingerprint density at radius 1 is 0.732 bits per heavy atom. The standard InChI is InChI=1S/C31H35N11O14/c32-31-41-25-24(29(54)42-31)37-15(10-34-25)9-33-14-3-1-13(2-4-14)26(51)40-16(30(55)56)5-6-19(43)38-17(7-21(45)46)27(52)35-11-20(44)39-18(8-22(47)48)28(53)36-12-23(49)50/h1-4,10,16-18,33H,5-9,11-12H2,(H,35,52)(H,36,53)(H,38,43)(H,39,44)(H,40,51)(H,45,46)(H,47,48)(H,49,50)(H,55,56)(H3,32,34,41,42,54)/t16-,17-,18-/m1/s1. The second-order valence-corrected chi connectivity index (χ2v) is 11.6. The molecule has 0 spiro atoms. The summed E-state index contributed by atoms with van der Waals surface area (Å²) in [6.45, 7) is -1.68. The summed E-state index contributed by atoms with van der Waals surface area (Å²) in [4.78, 5) is 134. The Morgan fingerprint density at radius 2 is 1.32 bits per heavy atom. The van der Waals surface area contributed by atoms with Crippen LogP contribution in [-0.2, 0) is 44.9 Å². The Kier molecular flexibility index (Phi) is 15.2. The number of aromatic nitrogens is 4. The molecule has 25 heteroatoms. The number of nitrogens with zero attached hydrogens (tertiary/aromatic N) is 3. The molecule has 298 valence electrons. The number of hydrogen-bond donors (Lipinski definition) is 12. The number of aliphatic carboxylic acids is 4. The minimum absolute atomic E-state index is 0.0167. The zero-order chi connectivity index (χ0) is 41.5. The number of aromatic amines is 1. The maximum absolute atomic E-state index is 12.8. The van der Waals surface area contributed by atoms with Gasteiger partial charge in [0.25, 0.3) is 11.5 Å². The van der Waals surface area contributed by atoms with E-state index in [1.165, 1.54) is 30.5 Å². The number of benzene rings is 1. The molecule has 5 amide bonds. The molecule has 0 fully saturated rings. The third-order valence-electron chi connectivity index (χ3n) is 7.27. The smallest absolute Gasteiger partial charge is 0.326 e. The number of nitrogens with one attached hydrogen (secondary N) is 7. The van der Waals surface area contributed by atoms with Crippen LogP contribution in [0.2, 0.25) is 0 Å². The first-order valence-corrected chi connectivity index (χ1v) is 16.1. The molecular formula is C31H35N11O14. The number of H-pyrrole nitrogens is 1. The third kappa shape index (κ3) is 13.7. The number of hydrogen-bond acceptors (Lipinski definition) is 15. The van der Waals surface area contributed by atoms with Crippen molar-refractivity contribution in [2.75, 3.05) is 24.1 Å². The second-order valence-electron chi connectivity index (χ2n) is 11.6. The van der Waals surface area contributed by atoms with E-state index in [9.17, 15) is 58.2 Å². The van der Waals surface area contributed by atoms with Gasteiger partial charge in [0.1, 0.15) is 24.7 Å². The molecule has 0 saturated heterocycles. The van der Waals surface area contributed by atoms with Gasteiger partial charge in [-0.15, -0.1) is 0 Å². The number of carboxylic acids is 4. The Morgan fingerprint density at radius 3 is 1.89 bits per heavy atom. The fraction of sp³-hybridized carbons (Fsp3) is 0.323. The van der Waals surface area contributed by atoms with Gasteiger partial charge in [-0.2, -0.15) is 4.98 Å². The first-order chi connectivity index (χ1) is 26.4. The fourth-order valence-corrected chi connectivity index (χ4v) is 4.62. The highest BCUT2D eigenvalue weighted by Gasteiger charge is 2.28. The van der Waals surface area contributed by atoms with Gasteiger partial charge in [0.05, 0.1) is 37.8 Å². The Bertz CT molecular complexity index is 2070.